The smallest absolute Gasteiger partial charge is 0.0849 e. The molecule has 0 heterocycles. The van der Waals surface area contributed by atoms with Gasteiger partial charge >= 0.3 is 0 Å². The minimum Gasteiger partial charge on any atom is -0.393 e. The Hall–Kier alpha value is 0.270. The molecule has 0 aliphatic heterocycles. The van der Waals surface area contributed by atoms with E-state index in [4.69, 9.17) is 5.11 Å². The summed E-state index contributed by atoms with van der Waals surface area (Å²) >= 11 is 4.13. The first-order valence-corrected chi connectivity index (χ1v) is 4.59. The summed E-state index contributed by atoms with van der Waals surface area (Å²) in [6, 6.07) is 0. The van der Waals surface area contributed by atoms with Gasteiger partial charge in [0.25, 0.3) is 0 Å². The van der Waals surface area contributed by atoms with Crippen molar-refractivity contribution >= 4 is 12.6 Å². The van der Waals surface area contributed by atoms with Gasteiger partial charge < -0.3 is 10.2 Å². The summed E-state index contributed by atoms with van der Waals surface area (Å²) in [5, 5.41) is 18.1. The van der Waals surface area contributed by atoms with E-state index in [-0.39, 0.29) is 6.61 Å². The topological polar surface area (TPSA) is 40.5 Å². The number of hydrogen-bond acceptors (Lipinski definition) is 3. The standard InChI is InChI=1S/C8H18O2S/c1-7(5-11)3-4-8(2,10)6-9/h7,9-11H,3-6H2,1-2H3. The Kier molecular flexibility index (Phi) is 5.13. The minimum atomic E-state index is -0.906. The van der Waals surface area contributed by atoms with Crippen LogP contribution in [0.4, 0.5) is 0 Å². The first-order chi connectivity index (χ1) is 5.02. The highest BCUT2D eigenvalue weighted by atomic mass is 32.1. The molecular weight excluding hydrogens is 160 g/mol. The Bertz CT molecular complexity index is 104. The quantitative estimate of drug-likeness (QED) is 0.551. The molecule has 0 aromatic rings. The van der Waals surface area contributed by atoms with Crippen molar-refractivity contribution < 1.29 is 10.2 Å². The molecule has 0 rings (SSSR count). The second kappa shape index (κ2) is 5.01. The van der Waals surface area contributed by atoms with Gasteiger partial charge in [-0.05, 0) is 31.4 Å². The monoisotopic (exact) mass is 178 g/mol. The molecule has 0 amide bonds. The molecule has 2 atom stereocenters. The summed E-state index contributed by atoms with van der Waals surface area (Å²) in [6.07, 6.45) is 1.56. The molecule has 0 spiro atoms. The van der Waals surface area contributed by atoms with Crippen LogP contribution >= 0.6 is 12.6 Å². The lowest BCUT2D eigenvalue weighted by Crippen LogP contribution is -2.29. The molecule has 0 aliphatic carbocycles. The Morgan fingerprint density at radius 3 is 2.45 bits per heavy atom. The molecule has 0 aliphatic rings. The molecule has 2 N–H and O–H groups in total. The van der Waals surface area contributed by atoms with Gasteiger partial charge in [0.15, 0.2) is 0 Å². The molecule has 0 bridgehead atoms. The fourth-order valence-corrected chi connectivity index (χ4v) is 0.910. The van der Waals surface area contributed by atoms with Gasteiger partial charge in [0.2, 0.25) is 0 Å². The predicted molar refractivity (Wildman–Crippen MR) is 50.0 cm³/mol. The van der Waals surface area contributed by atoms with E-state index in [0.717, 1.165) is 12.2 Å². The molecular formula is C8H18O2S. The van der Waals surface area contributed by atoms with Gasteiger partial charge in [-0.1, -0.05) is 6.92 Å². The van der Waals surface area contributed by atoms with Crippen LogP contribution in [0.15, 0.2) is 0 Å². The summed E-state index contributed by atoms with van der Waals surface area (Å²) in [4.78, 5) is 0. The van der Waals surface area contributed by atoms with E-state index in [1.54, 1.807) is 6.92 Å². The van der Waals surface area contributed by atoms with Crippen molar-refractivity contribution in [1.29, 1.82) is 0 Å². The van der Waals surface area contributed by atoms with Crippen LogP contribution in [0.2, 0.25) is 0 Å². The van der Waals surface area contributed by atoms with Crippen LogP contribution in [0.1, 0.15) is 26.7 Å². The third-order valence-corrected chi connectivity index (χ3v) is 2.45. The normalized spacial score (nSPS) is 19.4. The zero-order valence-corrected chi connectivity index (χ0v) is 8.14. The van der Waals surface area contributed by atoms with Crippen molar-refractivity contribution in [3.63, 3.8) is 0 Å². The third-order valence-electron chi connectivity index (χ3n) is 1.83. The van der Waals surface area contributed by atoms with Crippen molar-refractivity contribution in [3.05, 3.63) is 0 Å². The zero-order valence-electron chi connectivity index (χ0n) is 7.25. The molecule has 0 aromatic carbocycles. The van der Waals surface area contributed by atoms with E-state index in [9.17, 15) is 5.11 Å². The van der Waals surface area contributed by atoms with Crippen molar-refractivity contribution in [2.75, 3.05) is 12.4 Å². The molecule has 2 unspecified atom stereocenters. The Labute approximate surface area is 74.0 Å². The van der Waals surface area contributed by atoms with Crippen LogP contribution in [-0.4, -0.2) is 28.2 Å². The summed E-state index contributed by atoms with van der Waals surface area (Å²) in [5.41, 5.74) is -0.906. The number of rotatable bonds is 5. The summed E-state index contributed by atoms with van der Waals surface area (Å²) in [7, 11) is 0. The minimum absolute atomic E-state index is 0.160. The highest BCUT2D eigenvalue weighted by Gasteiger charge is 2.19. The Balaban J connectivity index is 3.52. The molecule has 11 heavy (non-hydrogen) atoms. The van der Waals surface area contributed by atoms with Crippen molar-refractivity contribution in [1.82, 2.24) is 0 Å². The first kappa shape index (κ1) is 11.3. The van der Waals surface area contributed by atoms with Gasteiger partial charge in [-0.2, -0.15) is 12.6 Å². The fraction of sp³-hybridized carbons (Fsp3) is 1.00. The summed E-state index contributed by atoms with van der Waals surface area (Å²) < 4.78 is 0. The second-order valence-corrected chi connectivity index (χ2v) is 3.85. The van der Waals surface area contributed by atoms with Gasteiger partial charge in [0.05, 0.1) is 12.2 Å². The lowest BCUT2D eigenvalue weighted by molar-refractivity contribution is -0.00869. The maximum absolute atomic E-state index is 9.39. The van der Waals surface area contributed by atoms with Crippen molar-refractivity contribution in [2.45, 2.75) is 32.3 Å². The zero-order chi connectivity index (χ0) is 8.91. The molecule has 68 valence electrons. The number of aliphatic hydroxyl groups excluding tert-OH is 1. The maximum atomic E-state index is 9.39. The van der Waals surface area contributed by atoms with Crippen molar-refractivity contribution in [3.8, 4) is 0 Å². The van der Waals surface area contributed by atoms with Crippen LogP contribution in [0.5, 0.6) is 0 Å². The van der Waals surface area contributed by atoms with E-state index in [0.29, 0.717) is 12.3 Å². The average Bonchev–Trinajstić information content (AvgIpc) is 2.00. The maximum Gasteiger partial charge on any atom is 0.0849 e. The van der Waals surface area contributed by atoms with Gasteiger partial charge in [-0.25, -0.2) is 0 Å². The predicted octanol–water partition coefficient (Wildman–Crippen LogP) is 1.08. The number of aliphatic hydroxyl groups is 2. The molecule has 0 fully saturated rings. The van der Waals surface area contributed by atoms with E-state index >= 15 is 0 Å². The number of thiol groups is 1. The molecule has 3 heteroatoms. The van der Waals surface area contributed by atoms with Crippen molar-refractivity contribution in [2.24, 2.45) is 5.92 Å². The van der Waals surface area contributed by atoms with E-state index < -0.39 is 5.60 Å². The van der Waals surface area contributed by atoms with E-state index in [1.807, 2.05) is 0 Å². The largest absolute Gasteiger partial charge is 0.393 e. The average molecular weight is 178 g/mol. The van der Waals surface area contributed by atoms with Crippen LogP contribution in [-0.2, 0) is 0 Å². The third kappa shape index (κ3) is 5.53. The summed E-state index contributed by atoms with van der Waals surface area (Å²) in [5.74, 6) is 1.35. The van der Waals surface area contributed by atoms with Crippen LogP contribution in [0.3, 0.4) is 0 Å². The van der Waals surface area contributed by atoms with Gasteiger partial charge in [0, 0.05) is 0 Å². The number of hydrogen-bond donors (Lipinski definition) is 3. The van der Waals surface area contributed by atoms with E-state index in [1.165, 1.54) is 0 Å². The Morgan fingerprint density at radius 2 is 2.09 bits per heavy atom. The second-order valence-electron chi connectivity index (χ2n) is 3.48. The summed E-state index contributed by atoms with van der Waals surface area (Å²) in [6.45, 7) is 3.57. The van der Waals surface area contributed by atoms with E-state index in [2.05, 4.69) is 19.6 Å². The molecule has 0 radical (unpaired) electrons. The van der Waals surface area contributed by atoms with Gasteiger partial charge in [-0.3, -0.25) is 0 Å². The van der Waals surface area contributed by atoms with Crippen LogP contribution < -0.4 is 0 Å². The first-order valence-electron chi connectivity index (χ1n) is 3.96. The highest BCUT2D eigenvalue weighted by Crippen LogP contribution is 2.16. The molecule has 0 saturated heterocycles. The lowest BCUT2D eigenvalue weighted by atomic mass is 9.96. The van der Waals surface area contributed by atoms with Crippen LogP contribution in [0, 0.1) is 5.92 Å². The highest BCUT2D eigenvalue weighted by molar-refractivity contribution is 7.80. The van der Waals surface area contributed by atoms with Gasteiger partial charge in [0.1, 0.15) is 0 Å². The molecule has 2 nitrogen and oxygen atoms in total. The van der Waals surface area contributed by atoms with Gasteiger partial charge in [-0.15, -0.1) is 0 Å². The SMILES string of the molecule is CC(CS)CCC(C)(O)CO. The Morgan fingerprint density at radius 1 is 1.55 bits per heavy atom. The molecule has 0 saturated carbocycles. The van der Waals surface area contributed by atoms with Crippen LogP contribution in [0.25, 0.3) is 0 Å². The fourth-order valence-electron chi connectivity index (χ4n) is 0.728. The molecule has 0 aromatic heterocycles. The lowest BCUT2D eigenvalue weighted by Gasteiger charge is -2.21.